The molecule has 1 unspecified atom stereocenters. The van der Waals surface area contributed by atoms with Crippen molar-refractivity contribution in [1.82, 2.24) is 0 Å². The maximum Gasteiger partial charge on any atom is 0.120 e. The van der Waals surface area contributed by atoms with Gasteiger partial charge in [0, 0.05) is 6.42 Å². The van der Waals surface area contributed by atoms with Gasteiger partial charge in [0.2, 0.25) is 0 Å². The van der Waals surface area contributed by atoms with E-state index in [1.807, 2.05) is 0 Å². The molecule has 0 heterocycles. The molecule has 0 N–H and O–H groups in total. The second-order valence-corrected chi connectivity index (χ2v) is 4.18. The lowest BCUT2D eigenvalue weighted by atomic mass is 9.64. The average Bonchev–Trinajstić information content (AvgIpc) is 2.07. The minimum atomic E-state index is 0.764. The fourth-order valence-corrected chi connectivity index (χ4v) is 2.93. The summed E-state index contributed by atoms with van der Waals surface area (Å²) < 4.78 is 0. The van der Waals surface area contributed by atoms with Gasteiger partial charge in [0.1, 0.15) is 6.29 Å². The summed E-state index contributed by atoms with van der Waals surface area (Å²) in [7, 11) is 0. The molecule has 1 atom stereocenters. The highest BCUT2D eigenvalue weighted by atomic mass is 16.1. The molecule has 3 rings (SSSR count). The van der Waals surface area contributed by atoms with E-state index in [1.54, 1.807) is 0 Å². The van der Waals surface area contributed by atoms with Crippen molar-refractivity contribution in [2.75, 3.05) is 0 Å². The highest BCUT2D eigenvalue weighted by Gasteiger charge is 2.34. The normalized spacial score (nSPS) is 42.4. The van der Waals surface area contributed by atoms with Gasteiger partial charge < -0.3 is 4.79 Å². The largest absolute Gasteiger partial charge is 0.303 e. The monoisotopic (exact) mass is 152 g/mol. The molecule has 0 aromatic carbocycles. The summed E-state index contributed by atoms with van der Waals surface area (Å²) in [6.45, 7) is 0. The topological polar surface area (TPSA) is 17.1 Å². The second kappa shape index (κ2) is 2.96. The molecule has 11 heavy (non-hydrogen) atoms. The fraction of sp³-hybridized carbons (Fsp3) is 0.900. The molecule has 3 aliphatic rings. The van der Waals surface area contributed by atoms with E-state index in [4.69, 9.17) is 0 Å². The Kier molecular flexibility index (Phi) is 1.97. The molecule has 0 aromatic rings. The molecule has 0 aliphatic heterocycles. The van der Waals surface area contributed by atoms with Crippen molar-refractivity contribution in [3.8, 4) is 0 Å². The summed E-state index contributed by atoms with van der Waals surface area (Å²) in [6, 6.07) is 0. The van der Waals surface area contributed by atoms with Crippen molar-refractivity contribution < 1.29 is 4.79 Å². The number of fused-ring (bicyclic) bond motifs is 3. The van der Waals surface area contributed by atoms with Crippen molar-refractivity contribution >= 4 is 6.29 Å². The Labute approximate surface area is 68.2 Å². The lowest BCUT2D eigenvalue weighted by Crippen LogP contribution is -2.31. The van der Waals surface area contributed by atoms with Gasteiger partial charge in [-0.3, -0.25) is 0 Å². The van der Waals surface area contributed by atoms with E-state index in [9.17, 15) is 4.79 Å². The Morgan fingerprint density at radius 1 is 1.18 bits per heavy atom. The van der Waals surface area contributed by atoms with Crippen LogP contribution in [0.5, 0.6) is 0 Å². The SMILES string of the molecule is O=CCC1CC2CCC1CC2. The maximum absolute atomic E-state index is 10.3. The number of hydrogen-bond acceptors (Lipinski definition) is 1. The van der Waals surface area contributed by atoms with E-state index in [0.29, 0.717) is 0 Å². The number of aldehydes is 1. The summed E-state index contributed by atoms with van der Waals surface area (Å²) >= 11 is 0. The molecule has 0 saturated heterocycles. The molecule has 1 nitrogen and oxygen atoms in total. The van der Waals surface area contributed by atoms with Crippen LogP contribution in [0.2, 0.25) is 0 Å². The standard InChI is InChI=1S/C10H16O/c11-6-5-10-7-8-1-3-9(10)4-2-8/h6,8-10H,1-5,7H2. The number of carbonyl (C=O) groups is 1. The molecule has 0 spiro atoms. The third-order valence-corrected chi connectivity index (χ3v) is 3.59. The Morgan fingerprint density at radius 3 is 2.36 bits per heavy atom. The van der Waals surface area contributed by atoms with E-state index < -0.39 is 0 Å². The Hall–Kier alpha value is -0.330. The first-order chi connectivity index (χ1) is 5.40. The van der Waals surface area contributed by atoms with E-state index >= 15 is 0 Å². The molecule has 0 radical (unpaired) electrons. The van der Waals surface area contributed by atoms with Gasteiger partial charge in [-0.2, -0.15) is 0 Å². The van der Waals surface area contributed by atoms with Crippen LogP contribution in [-0.4, -0.2) is 6.29 Å². The predicted octanol–water partition coefficient (Wildman–Crippen LogP) is 2.40. The van der Waals surface area contributed by atoms with Crippen LogP contribution in [0, 0.1) is 17.8 Å². The summed E-state index contributed by atoms with van der Waals surface area (Å²) in [5, 5.41) is 0. The molecular weight excluding hydrogens is 136 g/mol. The van der Waals surface area contributed by atoms with Gasteiger partial charge >= 0.3 is 0 Å². The highest BCUT2D eigenvalue weighted by Crippen LogP contribution is 2.45. The third kappa shape index (κ3) is 1.33. The first-order valence-corrected chi connectivity index (χ1v) is 4.84. The van der Waals surface area contributed by atoms with Gasteiger partial charge in [0.05, 0.1) is 0 Å². The first-order valence-electron chi connectivity index (χ1n) is 4.84. The Morgan fingerprint density at radius 2 is 1.91 bits per heavy atom. The number of hydrogen-bond donors (Lipinski definition) is 0. The van der Waals surface area contributed by atoms with Crippen molar-refractivity contribution in [1.29, 1.82) is 0 Å². The molecule has 3 saturated carbocycles. The van der Waals surface area contributed by atoms with Crippen LogP contribution in [0.4, 0.5) is 0 Å². The van der Waals surface area contributed by atoms with Crippen LogP contribution in [0.1, 0.15) is 38.5 Å². The minimum absolute atomic E-state index is 0.764. The maximum atomic E-state index is 10.3. The summed E-state index contributed by atoms with van der Waals surface area (Å²) in [6.07, 6.45) is 9.00. The summed E-state index contributed by atoms with van der Waals surface area (Å²) in [4.78, 5) is 10.3. The molecule has 62 valence electrons. The average molecular weight is 152 g/mol. The zero-order chi connectivity index (χ0) is 7.68. The third-order valence-electron chi connectivity index (χ3n) is 3.59. The predicted molar refractivity (Wildman–Crippen MR) is 44.2 cm³/mol. The van der Waals surface area contributed by atoms with E-state index in [1.165, 1.54) is 32.1 Å². The summed E-state index contributed by atoms with van der Waals surface area (Å²) in [5.41, 5.74) is 0. The van der Waals surface area contributed by atoms with Crippen LogP contribution < -0.4 is 0 Å². The van der Waals surface area contributed by atoms with Crippen molar-refractivity contribution in [2.45, 2.75) is 38.5 Å². The first kappa shape index (κ1) is 7.33. The van der Waals surface area contributed by atoms with Gasteiger partial charge in [0.25, 0.3) is 0 Å². The molecule has 2 bridgehead atoms. The van der Waals surface area contributed by atoms with E-state index in [0.717, 1.165) is 30.5 Å². The van der Waals surface area contributed by atoms with E-state index in [-0.39, 0.29) is 0 Å². The van der Waals surface area contributed by atoms with Crippen molar-refractivity contribution in [3.63, 3.8) is 0 Å². The second-order valence-electron chi connectivity index (χ2n) is 4.18. The van der Waals surface area contributed by atoms with E-state index in [2.05, 4.69) is 0 Å². The molecule has 3 fully saturated rings. The molecule has 1 heteroatoms. The molecule has 0 amide bonds. The Balaban J connectivity index is 1.97. The van der Waals surface area contributed by atoms with Crippen molar-refractivity contribution in [3.05, 3.63) is 0 Å². The van der Waals surface area contributed by atoms with Gasteiger partial charge in [-0.25, -0.2) is 0 Å². The minimum Gasteiger partial charge on any atom is -0.303 e. The van der Waals surface area contributed by atoms with Gasteiger partial charge in [-0.05, 0) is 37.0 Å². The van der Waals surface area contributed by atoms with Gasteiger partial charge in [-0.15, -0.1) is 0 Å². The quantitative estimate of drug-likeness (QED) is 0.555. The van der Waals surface area contributed by atoms with Gasteiger partial charge in [0.15, 0.2) is 0 Å². The van der Waals surface area contributed by atoms with Crippen LogP contribution in [-0.2, 0) is 4.79 Å². The van der Waals surface area contributed by atoms with Crippen molar-refractivity contribution in [2.24, 2.45) is 17.8 Å². The number of rotatable bonds is 2. The smallest absolute Gasteiger partial charge is 0.120 e. The zero-order valence-electron chi connectivity index (χ0n) is 6.96. The molecular formula is C10H16O. The zero-order valence-corrected chi connectivity index (χ0v) is 6.96. The van der Waals surface area contributed by atoms with Crippen LogP contribution in [0.15, 0.2) is 0 Å². The molecule has 0 aromatic heterocycles. The van der Waals surface area contributed by atoms with Crippen LogP contribution in [0.25, 0.3) is 0 Å². The highest BCUT2D eigenvalue weighted by molar-refractivity contribution is 5.49. The Bertz CT molecular complexity index is 145. The van der Waals surface area contributed by atoms with Gasteiger partial charge in [-0.1, -0.05) is 12.8 Å². The summed E-state index contributed by atoms with van der Waals surface area (Å²) in [5.74, 6) is 2.65. The molecule has 3 aliphatic carbocycles. The lowest BCUT2D eigenvalue weighted by Gasteiger charge is -2.41. The van der Waals surface area contributed by atoms with Crippen LogP contribution >= 0.6 is 0 Å². The fourth-order valence-electron chi connectivity index (χ4n) is 2.93. The van der Waals surface area contributed by atoms with Crippen LogP contribution in [0.3, 0.4) is 0 Å². The number of carbonyl (C=O) groups excluding carboxylic acids is 1. The lowest BCUT2D eigenvalue weighted by molar-refractivity contribution is -0.109.